The molecular formula is C21H29FO3. The zero-order chi connectivity index (χ0) is 18.1. The Balaban J connectivity index is 1.77. The van der Waals surface area contributed by atoms with E-state index < -0.39 is 17.7 Å². The van der Waals surface area contributed by atoms with Crippen molar-refractivity contribution in [2.24, 2.45) is 34.5 Å². The highest BCUT2D eigenvalue weighted by atomic mass is 19.1. The van der Waals surface area contributed by atoms with Crippen molar-refractivity contribution >= 4 is 11.6 Å². The first-order valence-electron chi connectivity index (χ1n) is 9.77. The lowest BCUT2D eigenvalue weighted by Crippen LogP contribution is -2.62. The van der Waals surface area contributed by atoms with Gasteiger partial charge in [0.15, 0.2) is 5.78 Å². The Morgan fingerprint density at radius 2 is 1.96 bits per heavy atom. The van der Waals surface area contributed by atoms with E-state index in [0.717, 1.165) is 31.3 Å². The molecule has 0 aliphatic heterocycles. The van der Waals surface area contributed by atoms with Crippen molar-refractivity contribution in [2.45, 2.75) is 71.6 Å². The molecule has 3 saturated carbocycles. The first-order valence-corrected chi connectivity index (χ1v) is 9.77. The third-order valence-corrected chi connectivity index (χ3v) is 8.49. The number of aliphatic hydroxyl groups excluding tert-OH is 1. The molecule has 0 aromatic rings. The maximum absolute atomic E-state index is 15.6. The Labute approximate surface area is 149 Å². The molecule has 4 heteroatoms. The number of carbonyl (C=O) groups excluding carboxylic acids is 2. The number of allylic oxidation sites excluding steroid dienone is 1. The fourth-order valence-electron chi connectivity index (χ4n) is 7.26. The van der Waals surface area contributed by atoms with E-state index in [1.807, 2.05) is 6.92 Å². The predicted molar refractivity (Wildman–Crippen MR) is 92.5 cm³/mol. The number of carbonyl (C=O) groups is 2. The number of aliphatic hydroxyl groups is 1. The molecule has 3 fully saturated rings. The third-order valence-electron chi connectivity index (χ3n) is 8.49. The minimum absolute atomic E-state index is 0.0594. The fraction of sp³-hybridized carbons (Fsp3) is 0.810. The van der Waals surface area contributed by atoms with Gasteiger partial charge in [0.1, 0.15) is 12.0 Å². The van der Waals surface area contributed by atoms with Crippen molar-refractivity contribution in [1.29, 1.82) is 0 Å². The minimum Gasteiger partial charge on any atom is -0.390 e. The second-order valence-electron chi connectivity index (χ2n) is 9.39. The molecule has 0 amide bonds. The summed E-state index contributed by atoms with van der Waals surface area (Å²) in [5.74, 6) is 0.201. The van der Waals surface area contributed by atoms with Gasteiger partial charge in [-0.15, -0.1) is 0 Å². The van der Waals surface area contributed by atoms with Gasteiger partial charge in [0, 0.05) is 17.8 Å². The summed E-state index contributed by atoms with van der Waals surface area (Å²) in [6.07, 6.45) is 3.93. The van der Waals surface area contributed by atoms with Crippen LogP contribution in [0.4, 0.5) is 4.39 Å². The normalized spacial score (nSPS) is 52.0. The summed E-state index contributed by atoms with van der Waals surface area (Å²) in [5, 5.41) is 11.1. The highest BCUT2D eigenvalue weighted by Gasteiger charge is 2.67. The molecule has 138 valence electrons. The minimum atomic E-state index is -1.37. The first kappa shape index (κ1) is 17.4. The molecule has 0 spiro atoms. The van der Waals surface area contributed by atoms with Gasteiger partial charge in [0.25, 0.3) is 0 Å². The molecule has 4 aliphatic rings. The predicted octanol–water partition coefficient (Wildman–Crippen LogP) is 3.64. The lowest BCUT2D eigenvalue weighted by Gasteiger charge is -2.60. The fourth-order valence-corrected chi connectivity index (χ4v) is 7.26. The van der Waals surface area contributed by atoms with Gasteiger partial charge in [0.05, 0.1) is 6.10 Å². The lowest BCUT2D eigenvalue weighted by atomic mass is 9.45. The number of hydrogen-bond acceptors (Lipinski definition) is 3. The standard InChI is InChI=1S/C21H29FO3/c1-11(23)15-6-7-16-14-5-4-12-10-13(24)8-9-20(12,2)17(14)18(25)19(22)21(15,16)3/h10,14-19,25H,4-9H2,1-3H3/t14-,15+,16-,17+,18-,19-,20-,21+/m0/s1. The van der Waals surface area contributed by atoms with Crippen molar-refractivity contribution in [3.63, 3.8) is 0 Å². The lowest BCUT2D eigenvalue weighted by molar-refractivity contribution is -0.179. The van der Waals surface area contributed by atoms with E-state index in [1.165, 1.54) is 0 Å². The molecular weight excluding hydrogens is 319 g/mol. The quantitative estimate of drug-likeness (QED) is 0.787. The van der Waals surface area contributed by atoms with Crippen LogP contribution in [-0.4, -0.2) is 28.9 Å². The van der Waals surface area contributed by atoms with Crippen LogP contribution < -0.4 is 0 Å². The van der Waals surface area contributed by atoms with E-state index >= 15 is 4.39 Å². The van der Waals surface area contributed by atoms with Gasteiger partial charge in [-0.25, -0.2) is 4.39 Å². The molecule has 4 aliphatic carbocycles. The van der Waals surface area contributed by atoms with Gasteiger partial charge < -0.3 is 5.11 Å². The molecule has 8 atom stereocenters. The number of alkyl halides is 1. The summed E-state index contributed by atoms with van der Waals surface area (Å²) in [5.41, 5.74) is 0.0889. The van der Waals surface area contributed by atoms with Crippen LogP contribution in [0.2, 0.25) is 0 Å². The first-order chi connectivity index (χ1) is 11.7. The molecule has 4 rings (SSSR count). The Kier molecular flexibility index (Phi) is 3.81. The Morgan fingerprint density at radius 1 is 1.24 bits per heavy atom. The molecule has 0 radical (unpaired) electrons. The van der Waals surface area contributed by atoms with E-state index in [0.29, 0.717) is 12.8 Å². The van der Waals surface area contributed by atoms with Crippen LogP contribution >= 0.6 is 0 Å². The summed E-state index contributed by atoms with van der Waals surface area (Å²) in [6, 6.07) is 0. The SMILES string of the molecule is CC(=O)[C@H]1CC[C@H]2[C@@H]3CCC4=CC(=O)CC[C@]4(C)[C@H]3[C@H](O)[C@H](F)[C@]12C. The van der Waals surface area contributed by atoms with E-state index in [2.05, 4.69) is 6.92 Å². The van der Waals surface area contributed by atoms with Crippen LogP contribution in [0.3, 0.4) is 0 Å². The van der Waals surface area contributed by atoms with Gasteiger partial charge >= 0.3 is 0 Å². The number of rotatable bonds is 1. The van der Waals surface area contributed by atoms with Crippen molar-refractivity contribution in [1.82, 2.24) is 0 Å². The number of halogens is 1. The Bertz CT molecular complexity index is 656. The zero-order valence-electron chi connectivity index (χ0n) is 15.4. The largest absolute Gasteiger partial charge is 0.390 e. The average Bonchev–Trinajstić information content (AvgIpc) is 2.91. The van der Waals surface area contributed by atoms with Gasteiger partial charge in [-0.2, -0.15) is 0 Å². The van der Waals surface area contributed by atoms with E-state index in [1.54, 1.807) is 13.0 Å². The summed E-state index contributed by atoms with van der Waals surface area (Å²) in [7, 11) is 0. The maximum atomic E-state index is 15.6. The highest BCUT2D eigenvalue weighted by Crippen LogP contribution is 2.67. The molecule has 3 nitrogen and oxygen atoms in total. The molecule has 1 N–H and O–H groups in total. The molecule has 0 unspecified atom stereocenters. The number of hydrogen-bond donors (Lipinski definition) is 1. The van der Waals surface area contributed by atoms with Gasteiger partial charge in [-0.05, 0) is 68.3 Å². The van der Waals surface area contributed by atoms with Crippen molar-refractivity contribution < 1.29 is 19.1 Å². The van der Waals surface area contributed by atoms with E-state index in [9.17, 15) is 14.7 Å². The van der Waals surface area contributed by atoms with Crippen LogP contribution in [-0.2, 0) is 9.59 Å². The van der Waals surface area contributed by atoms with Gasteiger partial charge in [0.2, 0.25) is 0 Å². The second kappa shape index (κ2) is 5.48. The molecule has 0 bridgehead atoms. The number of ketones is 2. The second-order valence-corrected chi connectivity index (χ2v) is 9.39. The van der Waals surface area contributed by atoms with Crippen LogP contribution in [0.5, 0.6) is 0 Å². The number of Topliss-reactive ketones (excluding diaryl/α,β-unsaturated/α-hetero) is 1. The maximum Gasteiger partial charge on any atom is 0.155 e. The van der Waals surface area contributed by atoms with Gasteiger partial charge in [-0.1, -0.05) is 19.4 Å². The third kappa shape index (κ3) is 2.12. The Morgan fingerprint density at radius 3 is 2.64 bits per heavy atom. The van der Waals surface area contributed by atoms with Crippen molar-refractivity contribution in [3.05, 3.63) is 11.6 Å². The van der Waals surface area contributed by atoms with E-state index in [4.69, 9.17) is 0 Å². The molecule has 25 heavy (non-hydrogen) atoms. The van der Waals surface area contributed by atoms with Crippen LogP contribution in [0.25, 0.3) is 0 Å². The van der Waals surface area contributed by atoms with Crippen LogP contribution in [0.1, 0.15) is 59.3 Å². The molecule has 0 aromatic heterocycles. The van der Waals surface area contributed by atoms with Crippen LogP contribution in [0, 0.1) is 34.5 Å². The number of fused-ring (bicyclic) bond motifs is 5. The molecule has 0 saturated heterocycles. The van der Waals surface area contributed by atoms with E-state index in [-0.39, 0.29) is 40.7 Å². The summed E-state index contributed by atoms with van der Waals surface area (Å²) in [6.45, 7) is 5.59. The van der Waals surface area contributed by atoms with Crippen molar-refractivity contribution in [2.75, 3.05) is 0 Å². The van der Waals surface area contributed by atoms with Gasteiger partial charge in [-0.3, -0.25) is 9.59 Å². The average molecular weight is 348 g/mol. The van der Waals surface area contributed by atoms with Crippen molar-refractivity contribution in [3.8, 4) is 0 Å². The monoisotopic (exact) mass is 348 g/mol. The summed E-state index contributed by atoms with van der Waals surface area (Å²) < 4.78 is 15.6. The Hall–Kier alpha value is -1.03. The van der Waals surface area contributed by atoms with Crippen LogP contribution in [0.15, 0.2) is 11.6 Å². The highest BCUT2D eigenvalue weighted by molar-refractivity contribution is 5.91. The molecule has 0 aromatic carbocycles. The summed E-state index contributed by atoms with van der Waals surface area (Å²) >= 11 is 0. The smallest absolute Gasteiger partial charge is 0.155 e. The summed E-state index contributed by atoms with van der Waals surface area (Å²) in [4.78, 5) is 24.0. The zero-order valence-corrected chi connectivity index (χ0v) is 15.4. The topological polar surface area (TPSA) is 54.4 Å². The molecule has 0 heterocycles.